The normalized spacial score (nSPS) is 11.6. The van der Waals surface area contributed by atoms with E-state index in [0.717, 1.165) is 82.9 Å². The minimum absolute atomic E-state index is 0.437. The third-order valence-corrected chi connectivity index (χ3v) is 10.3. The summed E-state index contributed by atoms with van der Waals surface area (Å²) in [5.41, 5.74) is 10.5. The van der Waals surface area contributed by atoms with Gasteiger partial charge < -0.3 is 8.98 Å². The van der Waals surface area contributed by atoms with Crippen LogP contribution in [0.2, 0.25) is 0 Å². The Morgan fingerprint density at radius 3 is 1.60 bits per heavy atom. The second kappa shape index (κ2) is 12.5. The summed E-state index contributed by atoms with van der Waals surface area (Å²) in [7, 11) is 0. The van der Waals surface area contributed by atoms with Crippen molar-refractivity contribution in [2.24, 2.45) is 0 Å². The van der Waals surface area contributed by atoms with Crippen molar-refractivity contribution in [2.75, 3.05) is 0 Å². The molecule has 0 unspecified atom stereocenters. The van der Waals surface area contributed by atoms with Crippen molar-refractivity contribution in [3.8, 4) is 57.1 Å². The number of hydrogen-bond donors (Lipinski definition) is 0. The van der Waals surface area contributed by atoms with Gasteiger partial charge in [0, 0.05) is 43.9 Å². The Hall–Kier alpha value is -7.64. The van der Waals surface area contributed by atoms with Gasteiger partial charge in [-0.15, -0.1) is 10.2 Å². The van der Waals surface area contributed by atoms with Crippen LogP contribution in [0.15, 0.2) is 186 Å². The maximum Gasteiger partial charge on any atom is 0.250 e. The number of fused-ring (bicyclic) bond motifs is 6. The molecule has 0 amide bonds. The highest BCUT2D eigenvalue weighted by Crippen LogP contribution is 2.41. The van der Waals surface area contributed by atoms with Gasteiger partial charge in [0.25, 0.3) is 0 Å². The summed E-state index contributed by atoms with van der Waals surface area (Å²) in [6.45, 7) is 0. The highest BCUT2D eigenvalue weighted by atomic mass is 16.4. The van der Waals surface area contributed by atoms with E-state index in [0.29, 0.717) is 17.7 Å². The van der Waals surface area contributed by atoms with Crippen molar-refractivity contribution >= 4 is 43.6 Å². The smallest absolute Gasteiger partial charge is 0.250 e. The van der Waals surface area contributed by atoms with Gasteiger partial charge in [-0.25, -0.2) is 9.97 Å². The second-order valence-corrected chi connectivity index (χ2v) is 13.5. The van der Waals surface area contributed by atoms with E-state index in [1.165, 1.54) is 0 Å². The minimum atomic E-state index is 0.437. The monoisotopic (exact) mass is 706 g/mol. The zero-order chi connectivity index (χ0) is 36.3. The molecular formula is C48H30N6O. The number of benzene rings is 7. The highest BCUT2D eigenvalue weighted by Gasteiger charge is 2.23. The van der Waals surface area contributed by atoms with E-state index >= 15 is 0 Å². The van der Waals surface area contributed by atoms with Crippen LogP contribution in [0.5, 0.6) is 0 Å². The van der Waals surface area contributed by atoms with Crippen LogP contribution in [0.25, 0.3) is 101 Å². The lowest BCUT2D eigenvalue weighted by atomic mass is 10.1. The first-order valence-electron chi connectivity index (χ1n) is 18.2. The molecule has 0 radical (unpaired) electrons. The molecule has 55 heavy (non-hydrogen) atoms. The summed E-state index contributed by atoms with van der Waals surface area (Å²) < 4.78 is 11.1. The first-order chi connectivity index (χ1) is 27.3. The molecule has 0 bridgehead atoms. The zero-order valence-corrected chi connectivity index (χ0v) is 29.4. The summed E-state index contributed by atoms with van der Waals surface area (Å²) in [6.07, 6.45) is 0. The molecule has 0 saturated carbocycles. The van der Waals surface area contributed by atoms with Crippen LogP contribution in [0, 0.1) is 0 Å². The fourth-order valence-electron chi connectivity index (χ4n) is 7.94. The molecule has 4 aromatic heterocycles. The molecule has 0 spiro atoms. The van der Waals surface area contributed by atoms with Crippen LogP contribution in [-0.4, -0.2) is 29.3 Å². The first kappa shape index (κ1) is 30.9. The highest BCUT2D eigenvalue weighted by molar-refractivity contribution is 6.15. The average Bonchev–Trinajstić information content (AvgIpc) is 3.98. The van der Waals surface area contributed by atoms with Gasteiger partial charge >= 0.3 is 0 Å². The molecule has 0 aliphatic rings. The first-order valence-corrected chi connectivity index (χ1v) is 18.2. The SMILES string of the molecule is c1ccc(-c2cc(-c3ccccc3)nc(-n3c4ccccc4c4c(-c5nnc(-c6cccc7c8ccccc8n(-c8ccccc8)c67)o5)cccc43)n2)cc1. The number of aromatic nitrogens is 6. The molecule has 7 heteroatoms. The lowest BCUT2D eigenvalue weighted by molar-refractivity contribution is 0.585. The lowest BCUT2D eigenvalue weighted by Crippen LogP contribution is -2.04. The molecule has 0 aliphatic carbocycles. The Labute approximate surface area is 315 Å². The van der Waals surface area contributed by atoms with Crippen molar-refractivity contribution in [3.63, 3.8) is 0 Å². The Kier molecular flexibility index (Phi) is 7.03. The Morgan fingerprint density at radius 1 is 0.400 bits per heavy atom. The van der Waals surface area contributed by atoms with E-state index in [1.807, 2.05) is 54.6 Å². The van der Waals surface area contributed by atoms with Crippen LogP contribution in [-0.2, 0) is 0 Å². The van der Waals surface area contributed by atoms with E-state index < -0.39 is 0 Å². The molecule has 7 aromatic carbocycles. The number of nitrogens with zero attached hydrogens (tertiary/aromatic N) is 6. The molecule has 258 valence electrons. The molecule has 0 N–H and O–H groups in total. The van der Waals surface area contributed by atoms with Crippen molar-refractivity contribution in [1.29, 1.82) is 0 Å². The fraction of sp³-hybridized carbons (Fsp3) is 0. The van der Waals surface area contributed by atoms with Crippen LogP contribution in [0.3, 0.4) is 0 Å². The van der Waals surface area contributed by atoms with Gasteiger partial charge in [-0.2, -0.15) is 0 Å². The summed E-state index contributed by atoms with van der Waals surface area (Å²) in [6, 6.07) is 62.3. The number of para-hydroxylation sites is 4. The molecule has 11 aromatic rings. The van der Waals surface area contributed by atoms with Crippen molar-refractivity contribution < 1.29 is 4.42 Å². The number of hydrogen-bond acceptors (Lipinski definition) is 5. The predicted molar refractivity (Wildman–Crippen MR) is 220 cm³/mol. The van der Waals surface area contributed by atoms with E-state index in [4.69, 9.17) is 24.6 Å². The summed E-state index contributed by atoms with van der Waals surface area (Å²) in [5.74, 6) is 1.47. The standard InChI is InChI=1S/C48H30N6O/c1-4-16-31(17-5-1)39-30-40(32-18-6-2-7-19-32)50-48(49-39)54-42-28-13-11-23-36(42)44-37(25-15-29-43(44)54)46-51-52-47(55-46)38-26-14-24-35-34-22-10-12-27-41(34)53(45(35)38)33-20-8-3-9-21-33/h1-30H. The molecule has 0 atom stereocenters. The molecular weight excluding hydrogens is 677 g/mol. The Morgan fingerprint density at radius 2 is 0.909 bits per heavy atom. The summed E-state index contributed by atoms with van der Waals surface area (Å²) in [4.78, 5) is 10.4. The van der Waals surface area contributed by atoms with E-state index in [-0.39, 0.29) is 0 Å². The molecule has 0 saturated heterocycles. The van der Waals surface area contributed by atoms with Gasteiger partial charge in [0.15, 0.2) is 0 Å². The van der Waals surface area contributed by atoms with Gasteiger partial charge in [0.05, 0.1) is 39.0 Å². The maximum atomic E-state index is 6.70. The molecule has 4 heterocycles. The number of rotatable bonds is 6. The minimum Gasteiger partial charge on any atom is -0.416 e. The van der Waals surface area contributed by atoms with Crippen LogP contribution in [0.1, 0.15) is 0 Å². The van der Waals surface area contributed by atoms with Crippen LogP contribution in [0.4, 0.5) is 0 Å². The molecule has 11 rings (SSSR count). The third-order valence-electron chi connectivity index (χ3n) is 10.3. The third kappa shape index (κ3) is 4.98. The molecule has 0 fully saturated rings. The summed E-state index contributed by atoms with van der Waals surface area (Å²) in [5, 5.41) is 13.7. The van der Waals surface area contributed by atoms with Gasteiger partial charge in [-0.3, -0.25) is 4.57 Å². The maximum absolute atomic E-state index is 6.70. The largest absolute Gasteiger partial charge is 0.416 e. The van der Waals surface area contributed by atoms with Gasteiger partial charge in [0.2, 0.25) is 17.7 Å². The van der Waals surface area contributed by atoms with Crippen molar-refractivity contribution in [3.05, 3.63) is 182 Å². The lowest BCUT2D eigenvalue weighted by Gasteiger charge is -2.11. The topological polar surface area (TPSA) is 74.6 Å². The molecule has 0 aliphatic heterocycles. The quantitative estimate of drug-likeness (QED) is 0.172. The van der Waals surface area contributed by atoms with Crippen molar-refractivity contribution in [2.45, 2.75) is 0 Å². The average molecular weight is 707 g/mol. The van der Waals surface area contributed by atoms with Crippen LogP contribution < -0.4 is 0 Å². The Bertz CT molecular complexity index is 3140. The van der Waals surface area contributed by atoms with Crippen molar-refractivity contribution in [1.82, 2.24) is 29.3 Å². The fourth-order valence-corrected chi connectivity index (χ4v) is 7.94. The van der Waals surface area contributed by atoms with Gasteiger partial charge in [0.1, 0.15) is 0 Å². The summed E-state index contributed by atoms with van der Waals surface area (Å²) >= 11 is 0. The Balaban J connectivity index is 1.12. The van der Waals surface area contributed by atoms with Gasteiger partial charge in [-0.1, -0.05) is 133 Å². The second-order valence-electron chi connectivity index (χ2n) is 13.5. The predicted octanol–water partition coefficient (Wildman–Crippen LogP) is 11.7. The van der Waals surface area contributed by atoms with Crippen LogP contribution >= 0.6 is 0 Å². The van der Waals surface area contributed by atoms with E-state index in [9.17, 15) is 0 Å². The zero-order valence-electron chi connectivity index (χ0n) is 29.4. The molecule has 7 nitrogen and oxygen atoms in total. The van der Waals surface area contributed by atoms with E-state index in [2.05, 4.69) is 137 Å². The van der Waals surface area contributed by atoms with E-state index in [1.54, 1.807) is 0 Å². The van der Waals surface area contributed by atoms with Gasteiger partial charge in [-0.05, 0) is 48.5 Å².